The molecule has 0 spiro atoms. The van der Waals surface area contributed by atoms with Gasteiger partial charge in [-0.05, 0) is 48.4 Å². The molecule has 172 valence electrons. The largest absolute Gasteiger partial charge is 0.344 e. The van der Waals surface area contributed by atoms with Gasteiger partial charge in [0.1, 0.15) is 6.54 Å². The Hall–Kier alpha value is -2.58. The summed E-state index contributed by atoms with van der Waals surface area (Å²) in [6.45, 7) is 11.2. The second-order valence-electron chi connectivity index (χ2n) is 9.52. The molecule has 3 heteroatoms. The van der Waals surface area contributed by atoms with Crippen LogP contribution in [0.5, 0.6) is 0 Å². The minimum Gasteiger partial charge on any atom is -0.344 e. The Balaban J connectivity index is 1.73. The maximum absolute atomic E-state index is 6.39. The zero-order valence-corrected chi connectivity index (χ0v) is 21.2. The van der Waals surface area contributed by atoms with E-state index in [9.17, 15) is 0 Å². The van der Waals surface area contributed by atoms with Gasteiger partial charge in [-0.2, -0.15) is 4.57 Å². The molecule has 0 aliphatic carbocycles. The van der Waals surface area contributed by atoms with E-state index in [0.717, 1.165) is 18.1 Å². The molecule has 0 amide bonds. The second-order valence-corrected chi connectivity index (χ2v) is 9.96. The van der Waals surface area contributed by atoms with E-state index in [0.29, 0.717) is 0 Å². The molecule has 0 atom stereocenters. The molecular weight excluding hydrogens is 424 g/mol. The Labute approximate surface area is 204 Å². The van der Waals surface area contributed by atoms with Crippen molar-refractivity contribution in [2.24, 2.45) is 0 Å². The van der Waals surface area contributed by atoms with Gasteiger partial charge in [0.2, 0.25) is 11.2 Å². The van der Waals surface area contributed by atoms with E-state index in [1.54, 1.807) is 0 Å². The minimum absolute atomic E-state index is 0.0834. The fourth-order valence-corrected chi connectivity index (χ4v) is 5.10. The number of aryl methyl sites for hydroxylation is 1. The topological polar surface area (TPSA) is 7.12 Å². The van der Waals surface area contributed by atoms with Crippen molar-refractivity contribution in [3.05, 3.63) is 88.7 Å². The molecule has 33 heavy (non-hydrogen) atoms. The Morgan fingerprint density at radius 2 is 1.76 bits per heavy atom. The second kappa shape index (κ2) is 10.1. The van der Waals surface area contributed by atoms with Crippen LogP contribution in [0.4, 0.5) is 5.69 Å². The Morgan fingerprint density at radius 1 is 0.970 bits per heavy atom. The third-order valence-corrected chi connectivity index (χ3v) is 7.05. The molecule has 1 aliphatic heterocycles. The molecule has 0 saturated carbocycles. The first-order valence-corrected chi connectivity index (χ1v) is 12.7. The summed E-state index contributed by atoms with van der Waals surface area (Å²) in [6, 6.07) is 19.5. The number of aromatic nitrogens is 1. The molecule has 0 N–H and O–H groups in total. The number of halogens is 1. The van der Waals surface area contributed by atoms with Gasteiger partial charge in [-0.15, -0.1) is 0 Å². The van der Waals surface area contributed by atoms with Crippen LogP contribution in [0.2, 0.25) is 5.02 Å². The van der Waals surface area contributed by atoms with Crippen molar-refractivity contribution in [2.45, 2.75) is 65.3 Å². The molecular formula is C30H36ClN2+. The highest BCUT2D eigenvalue weighted by molar-refractivity contribution is 6.30. The van der Waals surface area contributed by atoms with Crippen molar-refractivity contribution in [3.63, 3.8) is 0 Å². The number of hydrogen-bond acceptors (Lipinski definition) is 1. The van der Waals surface area contributed by atoms with Gasteiger partial charge < -0.3 is 4.90 Å². The summed E-state index contributed by atoms with van der Waals surface area (Å²) < 4.78 is 2.46. The molecule has 0 radical (unpaired) electrons. The standard InChI is InChI=1S/C30H36ClN2/c1-5-7-20-32-25(18-16-23-12-9-10-14-27(23)32)13-11-15-29-30(3,4)26-22-24(31)17-19-28(26)33(29)21-8-6-2/h9-19,22H,5-8,20-21H2,1-4H3/q+1. The first-order chi connectivity index (χ1) is 16.0. The highest BCUT2D eigenvalue weighted by Crippen LogP contribution is 2.48. The molecule has 1 aromatic heterocycles. The van der Waals surface area contributed by atoms with Gasteiger partial charge in [0.25, 0.3) is 0 Å². The van der Waals surface area contributed by atoms with Gasteiger partial charge in [0.05, 0.1) is 0 Å². The summed E-state index contributed by atoms with van der Waals surface area (Å²) in [7, 11) is 0. The van der Waals surface area contributed by atoms with Crippen molar-refractivity contribution in [2.75, 3.05) is 11.4 Å². The third-order valence-electron chi connectivity index (χ3n) is 6.82. The van der Waals surface area contributed by atoms with Crippen molar-refractivity contribution >= 4 is 34.3 Å². The van der Waals surface area contributed by atoms with Crippen LogP contribution in [-0.4, -0.2) is 6.54 Å². The number of hydrogen-bond donors (Lipinski definition) is 0. The van der Waals surface area contributed by atoms with E-state index in [4.69, 9.17) is 11.6 Å². The van der Waals surface area contributed by atoms with E-state index >= 15 is 0 Å². The lowest BCUT2D eigenvalue weighted by atomic mass is 9.83. The molecule has 0 fully saturated rings. The first kappa shape index (κ1) is 23.6. The van der Waals surface area contributed by atoms with Gasteiger partial charge in [0, 0.05) is 58.4 Å². The molecule has 2 aromatic carbocycles. The lowest BCUT2D eigenvalue weighted by Gasteiger charge is -2.27. The van der Waals surface area contributed by atoms with Gasteiger partial charge in [-0.1, -0.05) is 70.3 Å². The zero-order valence-electron chi connectivity index (χ0n) is 20.4. The zero-order chi connectivity index (χ0) is 23.4. The Kier molecular flexibility index (Phi) is 7.24. The summed E-state index contributed by atoms with van der Waals surface area (Å²) in [5, 5.41) is 2.10. The van der Waals surface area contributed by atoms with Gasteiger partial charge >= 0.3 is 0 Å². The first-order valence-electron chi connectivity index (χ1n) is 12.4. The number of para-hydroxylation sites is 1. The smallest absolute Gasteiger partial charge is 0.212 e. The highest BCUT2D eigenvalue weighted by Gasteiger charge is 2.39. The highest BCUT2D eigenvalue weighted by atomic mass is 35.5. The fraction of sp³-hybridized carbons (Fsp3) is 0.367. The number of fused-ring (bicyclic) bond motifs is 2. The molecule has 4 rings (SSSR count). The van der Waals surface area contributed by atoms with Gasteiger partial charge in [0.15, 0.2) is 0 Å². The molecule has 0 saturated heterocycles. The lowest BCUT2D eigenvalue weighted by molar-refractivity contribution is -0.673. The van der Waals surface area contributed by atoms with Crippen LogP contribution >= 0.6 is 11.6 Å². The summed E-state index contributed by atoms with van der Waals surface area (Å²) in [4.78, 5) is 2.49. The third kappa shape index (κ3) is 4.73. The van der Waals surface area contributed by atoms with Crippen molar-refractivity contribution in [1.82, 2.24) is 0 Å². The van der Waals surface area contributed by atoms with Crippen LogP contribution in [0, 0.1) is 0 Å². The van der Waals surface area contributed by atoms with E-state index < -0.39 is 0 Å². The SMILES string of the molecule is CCCCN1C(=CC=Cc2ccc3ccccc3[n+]2CCCC)C(C)(C)c2cc(Cl)ccc21. The van der Waals surface area contributed by atoms with E-state index in [-0.39, 0.29) is 5.41 Å². The monoisotopic (exact) mass is 459 g/mol. The van der Waals surface area contributed by atoms with Crippen molar-refractivity contribution < 1.29 is 4.57 Å². The average Bonchev–Trinajstić information content (AvgIpc) is 3.02. The summed E-state index contributed by atoms with van der Waals surface area (Å²) in [5.74, 6) is 0. The number of nitrogens with zero attached hydrogens (tertiary/aromatic N) is 2. The summed E-state index contributed by atoms with van der Waals surface area (Å²) in [6.07, 6.45) is 11.5. The Morgan fingerprint density at radius 3 is 2.55 bits per heavy atom. The van der Waals surface area contributed by atoms with Crippen LogP contribution in [0.15, 0.2) is 72.4 Å². The predicted octanol–water partition coefficient (Wildman–Crippen LogP) is 8.08. The molecule has 1 aliphatic rings. The molecule has 2 heterocycles. The summed E-state index contributed by atoms with van der Waals surface area (Å²) in [5.41, 5.74) is 6.41. The van der Waals surface area contributed by atoms with Gasteiger partial charge in [-0.3, -0.25) is 0 Å². The van der Waals surface area contributed by atoms with Crippen LogP contribution in [0.25, 0.3) is 17.0 Å². The van der Waals surface area contributed by atoms with Crippen LogP contribution in [-0.2, 0) is 12.0 Å². The predicted molar refractivity (Wildman–Crippen MR) is 143 cm³/mol. The normalized spacial score (nSPS) is 16.3. The molecule has 2 nitrogen and oxygen atoms in total. The fourth-order valence-electron chi connectivity index (χ4n) is 4.93. The molecule has 0 unspecified atom stereocenters. The number of unbranched alkanes of at least 4 members (excludes halogenated alkanes) is 2. The number of anilines is 1. The quantitative estimate of drug-likeness (QED) is 0.309. The van der Waals surface area contributed by atoms with Crippen molar-refractivity contribution in [1.29, 1.82) is 0 Å². The lowest BCUT2D eigenvalue weighted by Crippen LogP contribution is -2.37. The maximum Gasteiger partial charge on any atom is 0.212 e. The number of rotatable bonds is 8. The van der Waals surface area contributed by atoms with E-state index in [1.807, 2.05) is 6.07 Å². The number of benzene rings is 2. The van der Waals surface area contributed by atoms with Crippen LogP contribution in [0.3, 0.4) is 0 Å². The van der Waals surface area contributed by atoms with Crippen LogP contribution in [0.1, 0.15) is 64.6 Å². The minimum atomic E-state index is -0.0834. The van der Waals surface area contributed by atoms with E-state index in [2.05, 4.69) is 104 Å². The Bertz CT molecular complexity index is 1190. The maximum atomic E-state index is 6.39. The molecule has 3 aromatic rings. The van der Waals surface area contributed by atoms with E-state index in [1.165, 1.54) is 59.2 Å². The molecule has 0 bridgehead atoms. The summed E-state index contributed by atoms with van der Waals surface area (Å²) >= 11 is 6.39. The van der Waals surface area contributed by atoms with Crippen LogP contribution < -0.4 is 9.47 Å². The number of pyridine rings is 1. The van der Waals surface area contributed by atoms with Crippen molar-refractivity contribution in [3.8, 4) is 0 Å². The average molecular weight is 460 g/mol. The number of allylic oxidation sites excluding steroid dienone is 3. The van der Waals surface area contributed by atoms with Gasteiger partial charge in [-0.25, -0.2) is 0 Å².